The fraction of sp³-hybridized carbons (Fsp3) is 0.286. The van der Waals surface area contributed by atoms with Gasteiger partial charge in [-0.3, -0.25) is 4.98 Å². The molecule has 152 valence electrons. The molecule has 0 spiro atoms. The Labute approximate surface area is 165 Å². The molecule has 0 saturated carbocycles. The fourth-order valence-corrected chi connectivity index (χ4v) is 3.27. The van der Waals surface area contributed by atoms with E-state index in [1.807, 2.05) is 18.2 Å². The van der Waals surface area contributed by atoms with Crippen LogP contribution in [-0.2, 0) is 12.7 Å². The summed E-state index contributed by atoms with van der Waals surface area (Å²) in [6.07, 6.45) is -2.01. The predicted molar refractivity (Wildman–Crippen MR) is 104 cm³/mol. The smallest absolute Gasteiger partial charge is 0.416 e. The highest BCUT2D eigenvalue weighted by atomic mass is 19.4. The van der Waals surface area contributed by atoms with Crippen molar-refractivity contribution in [3.05, 3.63) is 59.8 Å². The highest BCUT2D eigenvalue weighted by Crippen LogP contribution is 2.35. The van der Waals surface area contributed by atoms with Gasteiger partial charge in [-0.15, -0.1) is 0 Å². The van der Waals surface area contributed by atoms with E-state index in [0.29, 0.717) is 24.0 Å². The van der Waals surface area contributed by atoms with E-state index in [9.17, 15) is 13.2 Å². The van der Waals surface area contributed by atoms with Crippen molar-refractivity contribution in [1.82, 2.24) is 10.3 Å². The van der Waals surface area contributed by atoms with Crippen LogP contribution in [0.5, 0.6) is 11.5 Å². The summed E-state index contributed by atoms with van der Waals surface area (Å²) in [4.78, 5) is 4.06. The minimum atomic E-state index is -4.37. The summed E-state index contributed by atoms with van der Waals surface area (Å²) in [5.74, 6) is 1.56. The third-order valence-electron chi connectivity index (χ3n) is 4.71. The van der Waals surface area contributed by atoms with Crippen molar-refractivity contribution in [3.8, 4) is 11.5 Å². The Morgan fingerprint density at radius 3 is 2.79 bits per heavy atom. The van der Waals surface area contributed by atoms with Crippen LogP contribution in [0.15, 0.2) is 48.7 Å². The minimum absolute atomic E-state index is 0.251. The average Bonchev–Trinajstić information content (AvgIpc) is 3.19. The molecule has 0 atom stereocenters. The van der Waals surface area contributed by atoms with Crippen LogP contribution in [0.3, 0.4) is 0 Å². The number of pyridine rings is 1. The molecule has 4 rings (SSSR count). The third-order valence-corrected chi connectivity index (χ3v) is 4.71. The van der Waals surface area contributed by atoms with Gasteiger partial charge in [-0.05, 0) is 37.2 Å². The molecular formula is C21H20F3N3O2. The van der Waals surface area contributed by atoms with E-state index in [1.165, 1.54) is 12.3 Å². The second-order valence-corrected chi connectivity index (χ2v) is 6.70. The zero-order chi connectivity index (χ0) is 20.3. The molecule has 0 bridgehead atoms. The predicted octanol–water partition coefficient (Wildman–Crippen LogP) is 4.57. The summed E-state index contributed by atoms with van der Waals surface area (Å²) in [5, 5.41) is 7.32. The van der Waals surface area contributed by atoms with Crippen LogP contribution >= 0.6 is 0 Å². The molecule has 1 aromatic heterocycles. The molecule has 0 unspecified atom stereocenters. The molecule has 3 aromatic rings. The monoisotopic (exact) mass is 403 g/mol. The minimum Gasteiger partial charge on any atom is -0.454 e. The second kappa shape index (κ2) is 8.16. The number of ether oxygens (including phenoxy) is 2. The van der Waals surface area contributed by atoms with Crippen LogP contribution in [-0.4, -0.2) is 24.9 Å². The van der Waals surface area contributed by atoms with Gasteiger partial charge in [0.05, 0.1) is 11.1 Å². The molecule has 0 radical (unpaired) electrons. The first kappa shape index (κ1) is 19.3. The zero-order valence-electron chi connectivity index (χ0n) is 15.6. The van der Waals surface area contributed by atoms with Crippen LogP contribution in [0.4, 0.5) is 18.9 Å². The summed E-state index contributed by atoms with van der Waals surface area (Å²) in [6, 6.07) is 11.2. The maximum atomic E-state index is 12.9. The zero-order valence-corrected chi connectivity index (χ0v) is 15.6. The molecule has 2 N–H and O–H groups in total. The van der Waals surface area contributed by atoms with Crippen molar-refractivity contribution in [3.63, 3.8) is 0 Å². The van der Waals surface area contributed by atoms with Crippen LogP contribution in [0, 0.1) is 0 Å². The first-order chi connectivity index (χ1) is 14.0. The molecule has 5 nitrogen and oxygen atoms in total. The maximum Gasteiger partial charge on any atom is 0.416 e. The van der Waals surface area contributed by atoms with Gasteiger partial charge < -0.3 is 20.1 Å². The lowest BCUT2D eigenvalue weighted by Gasteiger charge is -2.12. The van der Waals surface area contributed by atoms with E-state index in [4.69, 9.17) is 9.47 Å². The van der Waals surface area contributed by atoms with Crippen LogP contribution in [0.2, 0.25) is 0 Å². The highest BCUT2D eigenvalue weighted by Gasteiger charge is 2.30. The number of nitrogens with zero attached hydrogens (tertiary/aromatic N) is 1. The van der Waals surface area contributed by atoms with E-state index < -0.39 is 11.7 Å². The van der Waals surface area contributed by atoms with Crippen LogP contribution in [0.1, 0.15) is 17.5 Å². The summed E-state index contributed by atoms with van der Waals surface area (Å²) in [7, 11) is 0. The molecule has 1 aliphatic heterocycles. The lowest BCUT2D eigenvalue weighted by molar-refractivity contribution is -0.137. The highest BCUT2D eigenvalue weighted by molar-refractivity contribution is 5.91. The number of nitrogens with one attached hydrogen (secondary N) is 2. The Balaban J connectivity index is 1.29. The van der Waals surface area contributed by atoms with Crippen molar-refractivity contribution >= 4 is 16.6 Å². The average molecular weight is 403 g/mol. The Morgan fingerprint density at radius 1 is 1.03 bits per heavy atom. The lowest BCUT2D eigenvalue weighted by atomic mass is 10.1. The van der Waals surface area contributed by atoms with Gasteiger partial charge in [-0.1, -0.05) is 18.2 Å². The molecule has 8 heteroatoms. The lowest BCUT2D eigenvalue weighted by Crippen LogP contribution is -2.18. The molecular weight excluding hydrogens is 383 g/mol. The van der Waals surface area contributed by atoms with Crippen LogP contribution < -0.4 is 20.1 Å². The normalized spacial score (nSPS) is 13.1. The van der Waals surface area contributed by atoms with E-state index in [1.54, 1.807) is 6.07 Å². The van der Waals surface area contributed by atoms with Gasteiger partial charge >= 0.3 is 6.18 Å². The van der Waals surface area contributed by atoms with E-state index >= 15 is 0 Å². The van der Waals surface area contributed by atoms with Gasteiger partial charge in [0.15, 0.2) is 11.5 Å². The standard InChI is InChI=1S/C21H20F3N3O2/c22-21(23,24)15-5-6-16-17(7-10-27-18(16)11-15)26-9-2-8-25-12-14-3-1-4-19-20(14)29-13-28-19/h1,3-7,10-11,25H,2,8-9,12-13H2,(H,26,27). The Bertz CT molecular complexity index is 1010. The number of rotatable bonds is 7. The van der Waals surface area contributed by atoms with E-state index in [2.05, 4.69) is 15.6 Å². The Morgan fingerprint density at radius 2 is 1.93 bits per heavy atom. The molecule has 0 saturated heterocycles. The van der Waals surface area contributed by atoms with Gasteiger partial charge in [0.25, 0.3) is 0 Å². The van der Waals surface area contributed by atoms with E-state index in [0.717, 1.165) is 47.8 Å². The number of fused-ring (bicyclic) bond motifs is 2. The maximum absolute atomic E-state index is 12.9. The van der Waals surface area contributed by atoms with Gasteiger partial charge in [0.1, 0.15) is 0 Å². The van der Waals surface area contributed by atoms with Crippen molar-refractivity contribution in [2.24, 2.45) is 0 Å². The number of halogens is 3. The van der Waals surface area contributed by atoms with Crippen molar-refractivity contribution in [2.45, 2.75) is 19.1 Å². The molecule has 1 aliphatic rings. The molecule has 2 heterocycles. The topological polar surface area (TPSA) is 55.4 Å². The first-order valence-electron chi connectivity index (χ1n) is 9.30. The number of para-hydroxylation sites is 1. The van der Waals surface area contributed by atoms with Crippen molar-refractivity contribution < 1.29 is 22.6 Å². The Hall–Kier alpha value is -3.00. The summed E-state index contributed by atoms with van der Waals surface area (Å²) in [6.45, 7) is 2.38. The Kier molecular flexibility index (Phi) is 5.44. The number of alkyl halides is 3. The van der Waals surface area contributed by atoms with Crippen molar-refractivity contribution in [1.29, 1.82) is 0 Å². The fourth-order valence-electron chi connectivity index (χ4n) is 3.27. The van der Waals surface area contributed by atoms with Gasteiger partial charge in [0.2, 0.25) is 6.79 Å². The van der Waals surface area contributed by atoms with E-state index in [-0.39, 0.29) is 6.79 Å². The summed E-state index contributed by atoms with van der Waals surface area (Å²) in [5.41, 5.74) is 1.45. The number of hydrogen-bond acceptors (Lipinski definition) is 5. The van der Waals surface area contributed by atoms with Crippen LogP contribution in [0.25, 0.3) is 10.9 Å². The number of aromatic nitrogens is 1. The number of anilines is 1. The van der Waals surface area contributed by atoms with Gasteiger partial charge in [-0.25, -0.2) is 0 Å². The third kappa shape index (κ3) is 4.37. The quantitative estimate of drug-likeness (QED) is 0.566. The van der Waals surface area contributed by atoms with Crippen molar-refractivity contribution in [2.75, 3.05) is 25.2 Å². The first-order valence-corrected chi connectivity index (χ1v) is 9.30. The number of hydrogen-bond donors (Lipinski definition) is 2. The summed E-state index contributed by atoms with van der Waals surface area (Å²) < 4.78 is 49.5. The second-order valence-electron chi connectivity index (χ2n) is 6.70. The molecule has 29 heavy (non-hydrogen) atoms. The molecule has 0 amide bonds. The number of benzene rings is 2. The molecule has 2 aromatic carbocycles. The molecule has 0 fully saturated rings. The summed E-state index contributed by atoms with van der Waals surface area (Å²) >= 11 is 0. The largest absolute Gasteiger partial charge is 0.454 e. The van der Waals surface area contributed by atoms with Gasteiger partial charge in [-0.2, -0.15) is 13.2 Å². The SMILES string of the molecule is FC(F)(F)c1ccc2c(NCCCNCc3cccc4c3OCO4)ccnc2c1. The molecule has 0 aliphatic carbocycles. The van der Waals surface area contributed by atoms with Gasteiger partial charge in [0, 0.05) is 35.9 Å².